The van der Waals surface area contributed by atoms with Crippen molar-refractivity contribution in [3.8, 4) is 5.75 Å². The van der Waals surface area contributed by atoms with E-state index in [-0.39, 0.29) is 6.61 Å². The van der Waals surface area contributed by atoms with E-state index in [0.29, 0.717) is 79.2 Å². The maximum Gasteiger partial charge on any atom is 0.407 e. The highest BCUT2D eigenvalue weighted by Crippen LogP contribution is 2.15. The van der Waals surface area contributed by atoms with E-state index in [1.807, 2.05) is 42.5 Å². The molecule has 0 aliphatic rings. The highest BCUT2D eigenvalue weighted by Gasteiger charge is 2.02. The highest BCUT2D eigenvalue weighted by molar-refractivity contribution is 5.67. The van der Waals surface area contributed by atoms with Crippen molar-refractivity contribution in [1.29, 1.82) is 0 Å². The number of ether oxygens (including phenoxy) is 7. The van der Waals surface area contributed by atoms with Crippen LogP contribution in [0.1, 0.15) is 63.0 Å². The Bertz CT molecular complexity index is 913. The third-order valence-electron chi connectivity index (χ3n) is 6.71. The van der Waals surface area contributed by atoms with Gasteiger partial charge in [-0.1, -0.05) is 87.9 Å². The summed E-state index contributed by atoms with van der Waals surface area (Å²) in [6, 6.07) is 18.0. The molecule has 0 saturated heterocycles. The Morgan fingerprint density at radius 1 is 0.568 bits per heavy atom. The third-order valence-corrected chi connectivity index (χ3v) is 6.71. The van der Waals surface area contributed by atoms with Crippen molar-refractivity contribution < 1.29 is 38.0 Å². The van der Waals surface area contributed by atoms with Crippen molar-refractivity contribution in [3.63, 3.8) is 0 Å². The molecule has 0 spiro atoms. The summed E-state index contributed by atoms with van der Waals surface area (Å²) in [6.07, 6.45) is 10.0. The SMILES string of the molecule is CCCCCCCCCc1ccc(OCCOCCOCCOCCOCCOCCNC(=O)OCc2ccccc2)cc1. The van der Waals surface area contributed by atoms with Crippen LogP contribution in [0.4, 0.5) is 4.79 Å². The molecular formula is C35H55NO8. The molecule has 0 saturated carbocycles. The lowest BCUT2D eigenvalue weighted by molar-refractivity contribution is -0.0125. The molecule has 9 nitrogen and oxygen atoms in total. The minimum absolute atomic E-state index is 0.246. The number of hydrogen-bond donors (Lipinski definition) is 1. The van der Waals surface area contributed by atoms with Crippen molar-refractivity contribution in [2.75, 3.05) is 79.2 Å². The molecule has 0 aromatic heterocycles. The highest BCUT2D eigenvalue weighted by atomic mass is 16.6. The Labute approximate surface area is 264 Å². The molecule has 1 N–H and O–H groups in total. The number of benzene rings is 2. The number of amides is 1. The average Bonchev–Trinajstić information content (AvgIpc) is 3.05. The van der Waals surface area contributed by atoms with E-state index in [9.17, 15) is 4.79 Å². The number of hydrogen-bond acceptors (Lipinski definition) is 8. The summed E-state index contributed by atoms with van der Waals surface area (Å²) in [7, 11) is 0. The van der Waals surface area contributed by atoms with Gasteiger partial charge in [0.15, 0.2) is 0 Å². The number of carbonyl (C=O) groups excluding carboxylic acids is 1. The summed E-state index contributed by atoms with van der Waals surface area (Å²) >= 11 is 0. The number of aryl methyl sites for hydroxylation is 1. The molecule has 0 unspecified atom stereocenters. The first-order valence-corrected chi connectivity index (χ1v) is 16.3. The van der Waals surface area contributed by atoms with Gasteiger partial charge in [-0.15, -0.1) is 0 Å². The van der Waals surface area contributed by atoms with Gasteiger partial charge in [0.05, 0.1) is 66.1 Å². The molecule has 248 valence electrons. The van der Waals surface area contributed by atoms with E-state index in [0.717, 1.165) is 17.7 Å². The molecule has 2 aromatic rings. The second kappa shape index (κ2) is 27.8. The van der Waals surface area contributed by atoms with E-state index in [1.165, 1.54) is 50.5 Å². The summed E-state index contributed by atoms with van der Waals surface area (Å²) in [5, 5.41) is 2.65. The molecule has 0 atom stereocenters. The predicted molar refractivity (Wildman–Crippen MR) is 172 cm³/mol. The first-order valence-electron chi connectivity index (χ1n) is 16.3. The van der Waals surface area contributed by atoms with E-state index < -0.39 is 6.09 Å². The fourth-order valence-electron chi connectivity index (χ4n) is 4.24. The molecule has 0 fully saturated rings. The Morgan fingerprint density at radius 3 is 1.68 bits per heavy atom. The van der Waals surface area contributed by atoms with Crippen molar-refractivity contribution in [2.45, 2.75) is 64.9 Å². The Balaban J connectivity index is 1.25. The van der Waals surface area contributed by atoms with Gasteiger partial charge in [-0.2, -0.15) is 0 Å². The summed E-state index contributed by atoms with van der Waals surface area (Å²) in [5.41, 5.74) is 2.32. The van der Waals surface area contributed by atoms with Crippen LogP contribution in [0, 0.1) is 0 Å². The largest absolute Gasteiger partial charge is 0.491 e. The predicted octanol–water partition coefficient (Wildman–Crippen LogP) is 6.37. The van der Waals surface area contributed by atoms with Gasteiger partial charge in [-0.05, 0) is 36.1 Å². The van der Waals surface area contributed by atoms with Crippen LogP contribution in [0.5, 0.6) is 5.75 Å². The molecule has 9 heteroatoms. The van der Waals surface area contributed by atoms with Crippen LogP contribution < -0.4 is 10.1 Å². The molecule has 0 radical (unpaired) electrons. The monoisotopic (exact) mass is 617 g/mol. The van der Waals surface area contributed by atoms with Gasteiger partial charge in [0.1, 0.15) is 19.0 Å². The zero-order chi connectivity index (χ0) is 31.2. The zero-order valence-electron chi connectivity index (χ0n) is 26.8. The standard InChI is InChI=1S/C35H55NO8/c1-2-3-4-5-6-7-9-12-32-15-17-34(18-16-32)43-30-29-42-28-27-41-26-25-40-24-23-39-22-21-38-20-19-36-35(37)44-31-33-13-10-8-11-14-33/h8,10-11,13-18H,2-7,9,12,19-31H2,1H3,(H,36,37). The minimum atomic E-state index is -0.460. The summed E-state index contributed by atoms with van der Waals surface area (Å²) in [6.45, 7) is 8.26. The fourth-order valence-corrected chi connectivity index (χ4v) is 4.24. The van der Waals surface area contributed by atoms with Gasteiger partial charge in [-0.25, -0.2) is 4.79 Å². The van der Waals surface area contributed by atoms with Crippen molar-refractivity contribution >= 4 is 6.09 Å². The molecule has 2 rings (SSSR count). The second-order valence-corrected chi connectivity index (χ2v) is 10.4. The fraction of sp³-hybridized carbons (Fsp3) is 0.629. The van der Waals surface area contributed by atoms with Crippen molar-refractivity contribution in [2.24, 2.45) is 0 Å². The quantitative estimate of drug-likeness (QED) is 0.105. The number of nitrogens with one attached hydrogen (secondary N) is 1. The molecule has 0 heterocycles. The smallest absolute Gasteiger partial charge is 0.407 e. The van der Waals surface area contributed by atoms with Gasteiger partial charge in [0.2, 0.25) is 0 Å². The maximum atomic E-state index is 11.6. The van der Waals surface area contributed by atoms with Gasteiger partial charge < -0.3 is 38.5 Å². The molecule has 1 amide bonds. The van der Waals surface area contributed by atoms with Crippen LogP contribution in [0.15, 0.2) is 54.6 Å². The van der Waals surface area contributed by atoms with Crippen LogP contribution in [0.25, 0.3) is 0 Å². The first kappa shape index (κ1) is 37.5. The summed E-state index contributed by atoms with van der Waals surface area (Å²) < 4.78 is 38.4. The van der Waals surface area contributed by atoms with Gasteiger partial charge in [0.25, 0.3) is 0 Å². The lowest BCUT2D eigenvalue weighted by Crippen LogP contribution is -2.28. The first-order chi connectivity index (χ1) is 21.8. The lowest BCUT2D eigenvalue weighted by Gasteiger charge is -2.09. The second-order valence-electron chi connectivity index (χ2n) is 10.4. The zero-order valence-corrected chi connectivity index (χ0v) is 26.8. The lowest BCUT2D eigenvalue weighted by atomic mass is 10.0. The molecule has 0 aliphatic heterocycles. The topological polar surface area (TPSA) is 93.7 Å². The van der Waals surface area contributed by atoms with E-state index in [1.54, 1.807) is 0 Å². The van der Waals surface area contributed by atoms with Crippen LogP contribution in [-0.2, 0) is 41.4 Å². The number of rotatable bonds is 29. The van der Waals surface area contributed by atoms with Gasteiger partial charge >= 0.3 is 6.09 Å². The Morgan fingerprint density at radius 2 is 1.09 bits per heavy atom. The van der Waals surface area contributed by atoms with E-state index in [2.05, 4.69) is 24.4 Å². The minimum Gasteiger partial charge on any atom is -0.491 e. The molecule has 0 bridgehead atoms. The molecule has 2 aromatic carbocycles. The van der Waals surface area contributed by atoms with Crippen molar-refractivity contribution in [1.82, 2.24) is 5.32 Å². The van der Waals surface area contributed by atoms with E-state index in [4.69, 9.17) is 33.2 Å². The third kappa shape index (κ3) is 21.9. The molecule has 44 heavy (non-hydrogen) atoms. The maximum absolute atomic E-state index is 11.6. The van der Waals surface area contributed by atoms with Crippen LogP contribution in [-0.4, -0.2) is 85.3 Å². The Kier molecular flexibility index (Phi) is 23.7. The van der Waals surface area contributed by atoms with Crippen LogP contribution >= 0.6 is 0 Å². The Hall–Kier alpha value is -2.69. The van der Waals surface area contributed by atoms with Gasteiger partial charge in [-0.3, -0.25) is 0 Å². The van der Waals surface area contributed by atoms with Gasteiger partial charge in [0, 0.05) is 6.54 Å². The van der Waals surface area contributed by atoms with Crippen LogP contribution in [0.3, 0.4) is 0 Å². The van der Waals surface area contributed by atoms with E-state index >= 15 is 0 Å². The number of carbonyl (C=O) groups is 1. The molecule has 0 aliphatic carbocycles. The van der Waals surface area contributed by atoms with Crippen molar-refractivity contribution in [3.05, 3.63) is 65.7 Å². The summed E-state index contributed by atoms with van der Waals surface area (Å²) in [4.78, 5) is 11.6. The normalized spacial score (nSPS) is 11.0. The summed E-state index contributed by atoms with van der Waals surface area (Å²) in [5.74, 6) is 0.882. The number of unbranched alkanes of at least 4 members (excludes halogenated alkanes) is 6. The average molecular weight is 618 g/mol. The molecular weight excluding hydrogens is 562 g/mol. The van der Waals surface area contributed by atoms with Crippen LogP contribution in [0.2, 0.25) is 0 Å². The number of alkyl carbamates (subject to hydrolysis) is 1.